The van der Waals surface area contributed by atoms with Gasteiger partial charge in [-0.05, 0) is 76.0 Å². The second-order valence-electron chi connectivity index (χ2n) is 6.01. The van der Waals surface area contributed by atoms with Crippen LogP contribution in [0.1, 0.15) is 30.0 Å². The van der Waals surface area contributed by atoms with E-state index in [1.807, 2.05) is 31.2 Å². The van der Waals surface area contributed by atoms with Crippen LogP contribution in [0.3, 0.4) is 0 Å². The molecule has 0 saturated carbocycles. The van der Waals surface area contributed by atoms with Crippen LogP contribution < -0.4 is 14.8 Å². The fourth-order valence-electron chi connectivity index (χ4n) is 2.96. The predicted octanol–water partition coefficient (Wildman–Crippen LogP) is 6.15. The van der Waals surface area contributed by atoms with Crippen LogP contribution in [0.25, 0.3) is 11.0 Å². The number of rotatable bonds is 8. The number of hydrogen-bond donors (Lipinski definition) is 1. The van der Waals surface area contributed by atoms with Crippen molar-refractivity contribution in [1.29, 1.82) is 0 Å². The number of methoxy groups -OCH3 is 1. The second kappa shape index (κ2) is 9.54. The van der Waals surface area contributed by atoms with Crippen LogP contribution in [-0.4, -0.2) is 26.3 Å². The number of ether oxygens (including phenoxy) is 3. The Morgan fingerprint density at radius 2 is 1.86 bits per heavy atom. The lowest BCUT2D eigenvalue weighted by Gasteiger charge is -2.09. The molecule has 8 heteroatoms. The number of halogens is 2. The molecule has 2 aromatic carbocycles. The molecule has 154 valence electrons. The summed E-state index contributed by atoms with van der Waals surface area (Å²) in [5, 5.41) is 3.89. The van der Waals surface area contributed by atoms with Crippen molar-refractivity contribution in [3.63, 3.8) is 0 Å². The summed E-state index contributed by atoms with van der Waals surface area (Å²) >= 11 is 7.00. The molecular weight excluding hydrogens is 506 g/mol. The number of anilines is 1. The summed E-state index contributed by atoms with van der Waals surface area (Å²) in [5.74, 6) is 1.41. The lowest BCUT2D eigenvalue weighted by molar-refractivity contribution is 0.0526. The molecule has 0 aliphatic heterocycles. The van der Waals surface area contributed by atoms with E-state index in [4.69, 9.17) is 18.6 Å². The molecule has 0 bridgehead atoms. The third-order valence-corrected chi connectivity index (χ3v) is 5.55. The summed E-state index contributed by atoms with van der Waals surface area (Å²) < 4.78 is 23.5. The predicted molar refractivity (Wildman–Crippen MR) is 119 cm³/mol. The molecule has 0 unspecified atom stereocenters. The van der Waals surface area contributed by atoms with Crippen LogP contribution >= 0.6 is 31.9 Å². The van der Waals surface area contributed by atoms with Gasteiger partial charge in [0.15, 0.2) is 0 Å². The third kappa shape index (κ3) is 4.53. The van der Waals surface area contributed by atoms with Gasteiger partial charge < -0.3 is 23.9 Å². The molecule has 29 heavy (non-hydrogen) atoms. The molecule has 6 nitrogen and oxygen atoms in total. The Labute approximate surface area is 185 Å². The van der Waals surface area contributed by atoms with Gasteiger partial charge in [0.05, 0.1) is 41.2 Å². The second-order valence-corrected chi connectivity index (χ2v) is 7.66. The van der Waals surface area contributed by atoms with E-state index in [0.29, 0.717) is 45.7 Å². The van der Waals surface area contributed by atoms with E-state index in [-0.39, 0.29) is 6.61 Å². The van der Waals surface area contributed by atoms with Crippen LogP contribution in [0.2, 0.25) is 0 Å². The first-order valence-electron chi connectivity index (χ1n) is 9.11. The molecule has 0 amide bonds. The third-order valence-electron chi connectivity index (χ3n) is 4.20. The number of furan rings is 1. The summed E-state index contributed by atoms with van der Waals surface area (Å²) in [5.41, 5.74) is 1.80. The zero-order valence-electron chi connectivity index (χ0n) is 16.3. The van der Waals surface area contributed by atoms with Crippen molar-refractivity contribution in [2.75, 3.05) is 25.6 Å². The molecule has 1 N–H and O–H groups in total. The molecular formula is C21H21Br2NO5. The van der Waals surface area contributed by atoms with Crippen LogP contribution in [0.15, 0.2) is 43.7 Å². The molecule has 0 atom stereocenters. The molecule has 1 heterocycles. The Bertz CT molecular complexity index is 1010. The van der Waals surface area contributed by atoms with Gasteiger partial charge in [-0.1, -0.05) is 0 Å². The largest absolute Gasteiger partial charge is 0.494 e. The molecule has 0 fully saturated rings. The number of nitrogens with one attached hydrogen (secondary N) is 1. The van der Waals surface area contributed by atoms with E-state index >= 15 is 0 Å². The lowest BCUT2D eigenvalue weighted by Crippen LogP contribution is -2.09. The maximum Gasteiger partial charge on any atom is 0.342 e. The smallest absolute Gasteiger partial charge is 0.342 e. The maximum atomic E-state index is 12.7. The van der Waals surface area contributed by atoms with E-state index < -0.39 is 5.97 Å². The molecule has 3 aromatic rings. The van der Waals surface area contributed by atoms with Gasteiger partial charge in [0.25, 0.3) is 0 Å². The number of carbonyl (C=O) groups is 1. The summed E-state index contributed by atoms with van der Waals surface area (Å²) in [6, 6.07) is 9.37. The number of hydrogen-bond acceptors (Lipinski definition) is 6. The Morgan fingerprint density at radius 3 is 2.48 bits per heavy atom. The molecule has 0 aliphatic rings. The number of esters is 1. The van der Waals surface area contributed by atoms with E-state index in [9.17, 15) is 4.79 Å². The van der Waals surface area contributed by atoms with Crippen molar-refractivity contribution >= 4 is 54.5 Å². The van der Waals surface area contributed by atoms with Gasteiger partial charge in [0.2, 0.25) is 0 Å². The Kier molecular flexibility index (Phi) is 7.08. The normalized spacial score (nSPS) is 10.8. The highest BCUT2D eigenvalue weighted by Gasteiger charge is 2.26. The minimum absolute atomic E-state index is 0.266. The molecule has 0 radical (unpaired) electrons. The molecule has 3 rings (SSSR count). The van der Waals surface area contributed by atoms with Gasteiger partial charge in [-0.2, -0.15) is 0 Å². The quantitative estimate of drug-likeness (QED) is 0.355. The molecule has 0 saturated heterocycles. The first-order chi connectivity index (χ1) is 14.0. The average molecular weight is 527 g/mol. The van der Waals surface area contributed by atoms with E-state index in [1.165, 1.54) is 0 Å². The monoisotopic (exact) mass is 525 g/mol. The summed E-state index contributed by atoms with van der Waals surface area (Å²) in [6.07, 6.45) is 0. The minimum Gasteiger partial charge on any atom is -0.494 e. The van der Waals surface area contributed by atoms with Crippen LogP contribution in [-0.2, 0) is 11.3 Å². The SMILES string of the molecule is CCOC(=O)c1c(CNc2ccc(OCC)cc2)oc2cc(Br)c(OC)c(Br)c12. The summed E-state index contributed by atoms with van der Waals surface area (Å²) in [4.78, 5) is 12.7. The number of fused-ring (bicyclic) bond motifs is 1. The van der Waals surface area contributed by atoms with Gasteiger partial charge in [0.1, 0.15) is 28.4 Å². The fourth-order valence-corrected chi connectivity index (χ4v) is 4.57. The topological polar surface area (TPSA) is 69.9 Å². The van der Waals surface area contributed by atoms with Gasteiger partial charge in [-0.15, -0.1) is 0 Å². The van der Waals surface area contributed by atoms with Gasteiger partial charge in [-0.3, -0.25) is 0 Å². The molecule has 0 spiro atoms. The first kappa shape index (κ1) is 21.5. The van der Waals surface area contributed by atoms with Crippen LogP contribution in [0, 0.1) is 0 Å². The maximum absolute atomic E-state index is 12.7. The number of carbonyl (C=O) groups excluding carboxylic acids is 1. The molecule has 0 aliphatic carbocycles. The fraction of sp³-hybridized carbons (Fsp3) is 0.286. The zero-order chi connectivity index (χ0) is 21.0. The average Bonchev–Trinajstić information content (AvgIpc) is 3.06. The standard InChI is InChI=1S/C21H21Br2NO5/c1-4-27-13-8-6-12(7-9-13)24-11-16-18(21(25)28-5-2)17-15(29-16)10-14(22)20(26-3)19(17)23/h6-10,24H,4-5,11H2,1-3H3. The van der Waals surface area contributed by atoms with Gasteiger partial charge >= 0.3 is 5.97 Å². The van der Waals surface area contributed by atoms with Crippen LogP contribution in [0.4, 0.5) is 5.69 Å². The highest BCUT2D eigenvalue weighted by atomic mass is 79.9. The Hall–Kier alpha value is -2.19. The van der Waals surface area contributed by atoms with Gasteiger partial charge in [-0.25, -0.2) is 4.79 Å². The van der Waals surface area contributed by atoms with Crippen molar-refractivity contribution < 1.29 is 23.4 Å². The Morgan fingerprint density at radius 1 is 1.14 bits per heavy atom. The van der Waals surface area contributed by atoms with E-state index in [1.54, 1.807) is 20.1 Å². The van der Waals surface area contributed by atoms with Crippen molar-refractivity contribution in [3.05, 3.63) is 50.6 Å². The zero-order valence-corrected chi connectivity index (χ0v) is 19.5. The van der Waals surface area contributed by atoms with Crippen molar-refractivity contribution in [2.45, 2.75) is 20.4 Å². The van der Waals surface area contributed by atoms with E-state index in [2.05, 4.69) is 37.2 Å². The van der Waals surface area contributed by atoms with Crippen LogP contribution in [0.5, 0.6) is 11.5 Å². The van der Waals surface area contributed by atoms with Crippen molar-refractivity contribution in [2.24, 2.45) is 0 Å². The minimum atomic E-state index is -0.445. The van der Waals surface area contributed by atoms with Crippen molar-refractivity contribution in [3.8, 4) is 11.5 Å². The highest BCUT2D eigenvalue weighted by Crippen LogP contribution is 2.43. The molecule has 1 aromatic heterocycles. The highest BCUT2D eigenvalue weighted by molar-refractivity contribution is 9.11. The summed E-state index contributed by atoms with van der Waals surface area (Å²) in [6.45, 7) is 4.90. The first-order valence-corrected chi connectivity index (χ1v) is 10.7. The summed E-state index contributed by atoms with van der Waals surface area (Å²) in [7, 11) is 1.56. The Balaban J connectivity index is 1.98. The van der Waals surface area contributed by atoms with Gasteiger partial charge in [0, 0.05) is 5.69 Å². The van der Waals surface area contributed by atoms with E-state index in [0.717, 1.165) is 15.9 Å². The number of benzene rings is 2. The lowest BCUT2D eigenvalue weighted by atomic mass is 10.1. The van der Waals surface area contributed by atoms with Crippen molar-refractivity contribution in [1.82, 2.24) is 0 Å².